The molecular weight excluding hydrogens is 382 g/mol. The zero-order valence-corrected chi connectivity index (χ0v) is 15.9. The molecule has 0 aliphatic carbocycles. The van der Waals surface area contributed by atoms with E-state index in [2.05, 4.69) is 15.4 Å². The SMILES string of the molecule is CCOc1cc(/C=C/C(=O)NCCNC(=O)c2ccccc2)ccc1OC(F)F. The Morgan fingerprint density at radius 2 is 1.76 bits per heavy atom. The second kappa shape index (κ2) is 11.4. The lowest BCUT2D eigenvalue weighted by molar-refractivity contribution is -0.116. The first-order valence-electron chi connectivity index (χ1n) is 9.00. The molecule has 0 atom stereocenters. The number of halogens is 2. The number of benzene rings is 2. The van der Waals surface area contributed by atoms with E-state index in [9.17, 15) is 18.4 Å². The summed E-state index contributed by atoms with van der Waals surface area (Å²) in [6.45, 7) is -0.418. The summed E-state index contributed by atoms with van der Waals surface area (Å²) in [4.78, 5) is 23.8. The van der Waals surface area contributed by atoms with Crippen molar-refractivity contribution < 1.29 is 27.8 Å². The molecule has 2 N–H and O–H groups in total. The van der Waals surface area contributed by atoms with Gasteiger partial charge in [-0.2, -0.15) is 8.78 Å². The fraction of sp³-hybridized carbons (Fsp3) is 0.238. The van der Waals surface area contributed by atoms with Gasteiger partial charge < -0.3 is 20.1 Å². The Morgan fingerprint density at radius 3 is 2.45 bits per heavy atom. The van der Waals surface area contributed by atoms with Crippen LogP contribution in [0.1, 0.15) is 22.8 Å². The molecule has 6 nitrogen and oxygen atoms in total. The molecule has 154 valence electrons. The molecule has 0 spiro atoms. The Morgan fingerprint density at radius 1 is 1.03 bits per heavy atom. The van der Waals surface area contributed by atoms with Gasteiger partial charge in [0, 0.05) is 24.7 Å². The van der Waals surface area contributed by atoms with Crippen LogP contribution >= 0.6 is 0 Å². The Hall–Kier alpha value is -3.42. The van der Waals surface area contributed by atoms with Crippen molar-refractivity contribution in [3.63, 3.8) is 0 Å². The number of carbonyl (C=O) groups is 2. The molecule has 0 aliphatic rings. The van der Waals surface area contributed by atoms with E-state index in [4.69, 9.17) is 4.74 Å². The van der Waals surface area contributed by atoms with Gasteiger partial charge in [-0.25, -0.2) is 0 Å². The number of nitrogens with one attached hydrogen (secondary N) is 2. The summed E-state index contributed by atoms with van der Waals surface area (Å²) >= 11 is 0. The van der Waals surface area contributed by atoms with Crippen molar-refractivity contribution in [2.24, 2.45) is 0 Å². The Kier molecular flexibility index (Phi) is 8.62. The Bertz CT molecular complexity index is 842. The van der Waals surface area contributed by atoms with Crippen molar-refractivity contribution in [1.29, 1.82) is 0 Å². The summed E-state index contributed by atoms with van der Waals surface area (Å²) < 4.78 is 34.5. The summed E-state index contributed by atoms with van der Waals surface area (Å²) in [6.07, 6.45) is 2.82. The maximum atomic E-state index is 12.4. The number of alkyl halides is 2. The number of hydrogen-bond acceptors (Lipinski definition) is 4. The minimum Gasteiger partial charge on any atom is -0.490 e. The van der Waals surface area contributed by atoms with Crippen molar-refractivity contribution in [3.8, 4) is 11.5 Å². The van der Waals surface area contributed by atoms with Gasteiger partial charge in [0.05, 0.1) is 6.61 Å². The molecule has 2 aromatic carbocycles. The first-order valence-corrected chi connectivity index (χ1v) is 9.00. The monoisotopic (exact) mass is 404 g/mol. The molecule has 0 unspecified atom stereocenters. The average molecular weight is 404 g/mol. The Balaban J connectivity index is 1.82. The smallest absolute Gasteiger partial charge is 0.387 e. The quantitative estimate of drug-likeness (QED) is 0.471. The van der Waals surface area contributed by atoms with Gasteiger partial charge in [0.1, 0.15) is 0 Å². The van der Waals surface area contributed by atoms with Crippen molar-refractivity contribution in [2.75, 3.05) is 19.7 Å². The van der Waals surface area contributed by atoms with Crippen LogP contribution in [0.25, 0.3) is 6.08 Å². The van der Waals surface area contributed by atoms with Crippen LogP contribution in [0, 0.1) is 0 Å². The highest BCUT2D eigenvalue weighted by molar-refractivity contribution is 5.94. The number of ether oxygens (including phenoxy) is 2. The van der Waals surface area contributed by atoms with E-state index in [1.807, 2.05) is 6.07 Å². The number of carbonyl (C=O) groups excluding carboxylic acids is 2. The predicted molar refractivity (Wildman–Crippen MR) is 105 cm³/mol. The summed E-state index contributed by atoms with van der Waals surface area (Å²) in [5, 5.41) is 5.34. The third kappa shape index (κ3) is 7.61. The van der Waals surface area contributed by atoms with Gasteiger partial charge >= 0.3 is 6.61 Å². The first kappa shape index (κ1) is 21.9. The number of hydrogen-bond donors (Lipinski definition) is 2. The van der Waals surface area contributed by atoms with Crippen molar-refractivity contribution in [2.45, 2.75) is 13.5 Å². The van der Waals surface area contributed by atoms with Crippen molar-refractivity contribution in [1.82, 2.24) is 10.6 Å². The normalized spacial score (nSPS) is 10.8. The Labute approximate surface area is 167 Å². The van der Waals surface area contributed by atoms with Crippen LogP contribution in [0.4, 0.5) is 8.78 Å². The van der Waals surface area contributed by atoms with Crippen LogP contribution in [0.5, 0.6) is 11.5 Å². The van der Waals surface area contributed by atoms with E-state index < -0.39 is 6.61 Å². The van der Waals surface area contributed by atoms with Gasteiger partial charge in [-0.3, -0.25) is 9.59 Å². The summed E-state index contributed by atoms with van der Waals surface area (Å²) in [6, 6.07) is 13.1. The largest absolute Gasteiger partial charge is 0.490 e. The van der Waals surface area contributed by atoms with Crippen LogP contribution in [-0.4, -0.2) is 38.1 Å². The zero-order chi connectivity index (χ0) is 21.1. The van der Waals surface area contributed by atoms with E-state index >= 15 is 0 Å². The average Bonchev–Trinajstić information content (AvgIpc) is 2.71. The maximum Gasteiger partial charge on any atom is 0.387 e. The molecule has 2 rings (SSSR count). The molecule has 0 aliphatic heterocycles. The van der Waals surface area contributed by atoms with Crippen LogP contribution < -0.4 is 20.1 Å². The maximum absolute atomic E-state index is 12.4. The fourth-order valence-electron chi connectivity index (χ4n) is 2.37. The summed E-state index contributed by atoms with van der Waals surface area (Å²) in [5.41, 5.74) is 1.13. The number of rotatable bonds is 10. The molecule has 0 heterocycles. The van der Waals surface area contributed by atoms with Gasteiger partial charge in [-0.05, 0) is 42.8 Å². The fourth-order valence-corrected chi connectivity index (χ4v) is 2.37. The topological polar surface area (TPSA) is 76.7 Å². The first-order chi connectivity index (χ1) is 14.0. The second-order valence-corrected chi connectivity index (χ2v) is 5.76. The lowest BCUT2D eigenvalue weighted by Gasteiger charge is -2.11. The minimum absolute atomic E-state index is 0.0717. The minimum atomic E-state index is -2.95. The number of amides is 2. The molecule has 0 saturated heterocycles. The van der Waals surface area contributed by atoms with Crippen molar-refractivity contribution >= 4 is 17.9 Å². The molecule has 2 aromatic rings. The van der Waals surface area contributed by atoms with Crippen LogP contribution in [0.3, 0.4) is 0 Å². The van der Waals surface area contributed by atoms with E-state index in [1.165, 1.54) is 30.4 Å². The summed E-state index contributed by atoms with van der Waals surface area (Å²) in [7, 11) is 0. The molecule has 0 saturated carbocycles. The molecule has 0 fully saturated rings. The molecule has 0 aromatic heterocycles. The molecule has 29 heavy (non-hydrogen) atoms. The van der Waals surface area contributed by atoms with E-state index in [1.54, 1.807) is 31.2 Å². The van der Waals surface area contributed by atoms with E-state index in [0.29, 0.717) is 11.1 Å². The summed E-state index contributed by atoms with van der Waals surface area (Å²) in [5.74, 6) is -0.480. The van der Waals surface area contributed by atoms with Gasteiger partial charge in [0.15, 0.2) is 11.5 Å². The van der Waals surface area contributed by atoms with Crippen LogP contribution in [-0.2, 0) is 4.79 Å². The molecular formula is C21H22F2N2O4. The van der Waals surface area contributed by atoms with Crippen LogP contribution in [0.15, 0.2) is 54.6 Å². The lowest BCUT2D eigenvalue weighted by atomic mass is 10.2. The van der Waals surface area contributed by atoms with Crippen molar-refractivity contribution in [3.05, 3.63) is 65.7 Å². The lowest BCUT2D eigenvalue weighted by Crippen LogP contribution is -2.33. The van der Waals surface area contributed by atoms with E-state index in [-0.39, 0.29) is 43.0 Å². The second-order valence-electron chi connectivity index (χ2n) is 5.76. The molecule has 0 radical (unpaired) electrons. The highest BCUT2D eigenvalue weighted by Gasteiger charge is 2.11. The van der Waals surface area contributed by atoms with Gasteiger partial charge in [0.2, 0.25) is 5.91 Å². The van der Waals surface area contributed by atoms with Crippen LogP contribution in [0.2, 0.25) is 0 Å². The highest BCUT2D eigenvalue weighted by atomic mass is 19.3. The zero-order valence-electron chi connectivity index (χ0n) is 15.9. The molecule has 8 heteroatoms. The van der Waals surface area contributed by atoms with Gasteiger partial charge in [0.25, 0.3) is 5.91 Å². The van der Waals surface area contributed by atoms with Gasteiger partial charge in [-0.15, -0.1) is 0 Å². The molecule has 0 bridgehead atoms. The molecule has 2 amide bonds. The third-order valence-electron chi connectivity index (χ3n) is 3.66. The highest BCUT2D eigenvalue weighted by Crippen LogP contribution is 2.30. The third-order valence-corrected chi connectivity index (χ3v) is 3.66. The van der Waals surface area contributed by atoms with Gasteiger partial charge in [-0.1, -0.05) is 24.3 Å². The van der Waals surface area contributed by atoms with E-state index in [0.717, 1.165) is 0 Å². The predicted octanol–water partition coefficient (Wildman–Crippen LogP) is 3.25. The standard InChI is InChI=1S/C21H22F2N2O4/c1-2-28-18-14-15(8-10-17(18)29-21(22)23)9-11-19(26)24-12-13-25-20(27)16-6-4-3-5-7-16/h3-11,14,21H,2,12-13H2,1H3,(H,24,26)(H,25,27)/b11-9+.